The van der Waals surface area contributed by atoms with Gasteiger partial charge in [0.2, 0.25) is 5.91 Å². The first-order chi connectivity index (χ1) is 10.2. The Labute approximate surface area is 128 Å². The van der Waals surface area contributed by atoms with Crippen LogP contribution in [-0.2, 0) is 19.1 Å². The largest absolute Gasteiger partial charge is 0.382 e. The van der Waals surface area contributed by atoms with E-state index in [1.807, 2.05) is 13.8 Å². The van der Waals surface area contributed by atoms with Crippen LogP contribution in [0.15, 0.2) is 0 Å². The van der Waals surface area contributed by atoms with Crippen LogP contribution in [0.4, 0.5) is 0 Å². The van der Waals surface area contributed by atoms with Gasteiger partial charge in [-0.1, -0.05) is 6.92 Å². The number of rotatable bonds is 15. The number of amides is 1. The molecule has 1 amide bonds. The van der Waals surface area contributed by atoms with E-state index < -0.39 is 0 Å². The Morgan fingerprint density at radius 3 is 2.19 bits per heavy atom. The summed E-state index contributed by atoms with van der Waals surface area (Å²) in [5.41, 5.74) is 0. The van der Waals surface area contributed by atoms with Gasteiger partial charge in [0.05, 0.1) is 0 Å². The van der Waals surface area contributed by atoms with Gasteiger partial charge < -0.3 is 14.8 Å². The topological polar surface area (TPSA) is 64.6 Å². The summed E-state index contributed by atoms with van der Waals surface area (Å²) >= 11 is 0. The number of carbonyl (C=O) groups is 2. The molecule has 0 aromatic heterocycles. The van der Waals surface area contributed by atoms with Crippen molar-refractivity contribution in [1.29, 1.82) is 0 Å². The summed E-state index contributed by atoms with van der Waals surface area (Å²) < 4.78 is 10.7. The Balaban J connectivity index is 3.20. The van der Waals surface area contributed by atoms with Crippen molar-refractivity contribution in [2.45, 2.75) is 58.8 Å². The van der Waals surface area contributed by atoms with Crippen molar-refractivity contribution >= 4 is 11.7 Å². The van der Waals surface area contributed by atoms with Crippen LogP contribution in [-0.4, -0.2) is 44.7 Å². The maximum absolute atomic E-state index is 11.5. The van der Waals surface area contributed by atoms with E-state index in [4.69, 9.17) is 9.47 Å². The molecule has 0 aliphatic carbocycles. The molecule has 0 atom stereocenters. The Hall–Kier alpha value is -0.940. The number of Topliss-reactive ketones (excluding diaryl/α,β-unsaturated/α-hetero) is 1. The zero-order valence-corrected chi connectivity index (χ0v) is 13.6. The fourth-order valence-corrected chi connectivity index (χ4v) is 1.77. The summed E-state index contributed by atoms with van der Waals surface area (Å²) in [5.74, 6) is 0.246. The molecule has 21 heavy (non-hydrogen) atoms. The molecule has 124 valence electrons. The van der Waals surface area contributed by atoms with Gasteiger partial charge in [-0.05, 0) is 32.6 Å². The van der Waals surface area contributed by atoms with Crippen molar-refractivity contribution in [3.63, 3.8) is 0 Å². The lowest BCUT2D eigenvalue weighted by atomic mass is 10.1. The minimum atomic E-state index is 0.0237. The minimum absolute atomic E-state index is 0.0237. The summed E-state index contributed by atoms with van der Waals surface area (Å²) in [6.45, 7) is 7.47. The fraction of sp³-hybridized carbons (Fsp3) is 0.875. The summed E-state index contributed by atoms with van der Waals surface area (Å²) in [6, 6.07) is 0. The lowest BCUT2D eigenvalue weighted by Crippen LogP contribution is -2.25. The lowest BCUT2D eigenvalue weighted by molar-refractivity contribution is -0.121. The van der Waals surface area contributed by atoms with Gasteiger partial charge in [-0.3, -0.25) is 9.59 Å². The van der Waals surface area contributed by atoms with Crippen molar-refractivity contribution < 1.29 is 19.1 Å². The second kappa shape index (κ2) is 15.4. The third-order valence-corrected chi connectivity index (χ3v) is 3.07. The highest BCUT2D eigenvalue weighted by atomic mass is 16.5. The quantitative estimate of drug-likeness (QED) is 0.472. The highest BCUT2D eigenvalue weighted by Crippen LogP contribution is 1.99. The third kappa shape index (κ3) is 15.3. The molecule has 5 nitrogen and oxygen atoms in total. The minimum Gasteiger partial charge on any atom is -0.382 e. The second-order valence-corrected chi connectivity index (χ2v) is 4.97. The van der Waals surface area contributed by atoms with E-state index in [9.17, 15) is 9.59 Å². The number of ether oxygens (including phenoxy) is 2. The highest BCUT2D eigenvalue weighted by molar-refractivity contribution is 5.79. The molecule has 0 saturated carbocycles. The van der Waals surface area contributed by atoms with Crippen LogP contribution in [0, 0.1) is 0 Å². The zero-order valence-electron chi connectivity index (χ0n) is 13.6. The SMILES string of the molecule is CCOCCCCOCCCNC(=O)CCCC(=O)CC. The van der Waals surface area contributed by atoms with Gasteiger partial charge in [0.25, 0.3) is 0 Å². The predicted molar refractivity (Wildman–Crippen MR) is 83.3 cm³/mol. The van der Waals surface area contributed by atoms with Crippen molar-refractivity contribution in [2.75, 3.05) is 33.0 Å². The van der Waals surface area contributed by atoms with Crippen LogP contribution < -0.4 is 5.32 Å². The van der Waals surface area contributed by atoms with E-state index in [-0.39, 0.29) is 11.7 Å². The van der Waals surface area contributed by atoms with E-state index in [0.717, 1.165) is 39.1 Å². The summed E-state index contributed by atoms with van der Waals surface area (Å²) in [5, 5.41) is 2.84. The molecule has 0 aromatic carbocycles. The first kappa shape index (κ1) is 20.1. The first-order valence-corrected chi connectivity index (χ1v) is 8.14. The number of carbonyl (C=O) groups excluding carboxylic acids is 2. The van der Waals surface area contributed by atoms with E-state index in [1.54, 1.807) is 0 Å². The smallest absolute Gasteiger partial charge is 0.220 e. The van der Waals surface area contributed by atoms with Gasteiger partial charge >= 0.3 is 0 Å². The average Bonchev–Trinajstić information content (AvgIpc) is 2.49. The summed E-state index contributed by atoms with van der Waals surface area (Å²) in [6.07, 6.45) is 5.02. The fourth-order valence-electron chi connectivity index (χ4n) is 1.77. The number of unbranched alkanes of at least 4 members (excludes halogenated alkanes) is 1. The standard InChI is InChI=1S/C16H31NO4/c1-3-15(18)9-7-10-16(19)17-11-8-14-21-13-6-5-12-20-4-2/h3-14H2,1-2H3,(H,17,19). The Morgan fingerprint density at radius 1 is 0.857 bits per heavy atom. The average molecular weight is 301 g/mol. The lowest BCUT2D eigenvalue weighted by Gasteiger charge is -2.06. The Kier molecular flexibility index (Phi) is 14.8. The maximum atomic E-state index is 11.5. The molecular weight excluding hydrogens is 270 g/mol. The Bertz CT molecular complexity index is 269. The van der Waals surface area contributed by atoms with Crippen LogP contribution in [0.25, 0.3) is 0 Å². The molecule has 0 aliphatic heterocycles. The van der Waals surface area contributed by atoms with Gasteiger partial charge in [-0.25, -0.2) is 0 Å². The molecule has 5 heteroatoms. The second-order valence-electron chi connectivity index (χ2n) is 4.97. The van der Waals surface area contributed by atoms with Crippen LogP contribution in [0.3, 0.4) is 0 Å². The Morgan fingerprint density at radius 2 is 1.52 bits per heavy atom. The number of nitrogens with one attached hydrogen (secondary N) is 1. The molecule has 0 heterocycles. The molecule has 0 radical (unpaired) electrons. The predicted octanol–water partition coefficient (Wildman–Crippen LogP) is 2.48. The molecule has 0 spiro atoms. The van der Waals surface area contributed by atoms with Crippen LogP contribution in [0.1, 0.15) is 58.8 Å². The first-order valence-electron chi connectivity index (χ1n) is 8.14. The molecule has 0 unspecified atom stereocenters. The summed E-state index contributed by atoms with van der Waals surface area (Å²) in [7, 11) is 0. The third-order valence-electron chi connectivity index (χ3n) is 3.07. The molecule has 0 aliphatic rings. The highest BCUT2D eigenvalue weighted by Gasteiger charge is 2.03. The number of hydrogen-bond donors (Lipinski definition) is 1. The summed E-state index contributed by atoms with van der Waals surface area (Å²) in [4.78, 5) is 22.6. The molecular formula is C16H31NO4. The van der Waals surface area contributed by atoms with E-state index in [2.05, 4.69) is 5.32 Å². The van der Waals surface area contributed by atoms with Gasteiger partial charge in [-0.15, -0.1) is 0 Å². The normalized spacial score (nSPS) is 10.6. The number of hydrogen-bond acceptors (Lipinski definition) is 4. The van der Waals surface area contributed by atoms with Gasteiger partial charge in [0, 0.05) is 52.2 Å². The molecule has 1 N–H and O–H groups in total. The zero-order chi connectivity index (χ0) is 15.8. The molecule has 0 bridgehead atoms. The van der Waals surface area contributed by atoms with Crippen molar-refractivity contribution in [2.24, 2.45) is 0 Å². The van der Waals surface area contributed by atoms with Crippen LogP contribution >= 0.6 is 0 Å². The van der Waals surface area contributed by atoms with E-state index in [1.165, 1.54) is 0 Å². The van der Waals surface area contributed by atoms with Crippen molar-refractivity contribution in [1.82, 2.24) is 5.32 Å². The molecule has 0 aromatic rings. The van der Waals surface area contributed by atoms with Gasteiger partial charge in [0.1, 0.15) is 5.78 Å². The van der Waals surface area contributed by atoms with Gasteiger partial charge in [-0.2, -0.15) is 0 Å². The van der Waals surface area contributed by atoms with Crippen LogP contribution in [0.5, 0.6) is 0 Å². The van der Waals surface area contributed by atoms with Crippen LogP contribution in [0.2, 0.25) is 0 Å². The maximum Gasteiger partial charge on any atom is 0.220 e. The number of ketones is 1. The van der Waals surface area contributed by atoms with Crippen molar-refractivity contribution in [3.8, 4) is 0 Å². The van der Waals surface area contributed by atoms with E-state index in [0.29, 0.717) is 38.8 Å². The monoisotopic (exact) mass is 301 g/mol. The van der Waals surface area contributed by atoms with E-state index >= 15 is 0 Å². The van der Waals surface area contributed by atoms with Gasteiger partial charge in [0.15, 0.2) is 0 Å². The molecule has 0 fully saturated rings. The molecule has 0 saturated heterocycles. The molecule has 0 rings (SSSR count). The van der Waals surface area contributed by atoms with Crippen molar-refractivity contribution in [3.05, 3.63) is 0 Å².